The third-order valence-corrected chi connectivity index (χ3v) is 4.67. The fraction of sp³-hybridized carbons (Fsp3) is 0.900. The van der Waals surface area contributed by atoms with Gasteiger partial charge in [0, 0.05) is 6.42 Å². The smallest absolute Gasteiger partial charge is 0.306 e. The molecule has 24 heavy (non-hydrogen) atoms. The quantitative estimate of drug-likeness (QED) is 0.271. The number of hydrogen-bond donors (Lipinski definition) is 1. The minimum Gasteiger partial charge on any atom is -0.481 e. The zero-order chi connectivity index (χ0) is 18.0. The number of carbonyl (C=O) groups is 2. The summed E-state index contributed by atoms with van der Waals surface area (Å²) in [5.41, 5.74) is 0. The normalized spacial score (nSPS) is 12.1. The van der Waals surface area contributed by atoms with Gasteiger partial charge in [-0.25, -0.2) is 0 Å². The molecule has 0 rings (SSSR count). The van der Waals surface area contributed by atoms with Crippen LogP contribution >= 0.6 is 0 Å². The molecule has 0 aromatic carbocycles. The van der Waals surface area contributed by atoms with Gasteiger partial charge in [0.15, 0.2) is 0 Å². The Hall–Kier alpha value is -1.06. The molecule has 0 aromatic rings. The Balaban J connectivity index is 3.56. The van der Waals surface area contributed by atoms with E-state index in [-0.39, 0.29) is 11.9 Å². The third kappa shape index (κ3) is 14.5. The van der Waals surface area contributed by atoms with Gasteiger partial charge >= 0.3 is 11.9 Å². The van der Waals surface area contributed by atoms with E-state index < -0.39 is 5.97 Å². The first-order chi connectivity index (χ1) is 11.6. The molecule has 0 aliphatic rings. The summed E-state index contributed by atoms with van der Waals surface area (Å²) < 4.78 is 4.61. The number of carboxylic acids is 1. The summed E-state index contributed by atoms with van der Waals surface area (Å²) in [6.45, 7) is 2.22. The van der Waals surface area contributed by atoms with Crippen molar-refractivity contribution in [2.75, 3.05) is 7.11 Å². The maximum Gasteiger partial charge on any atom is 0.306 e. The van der Waals surface area contributed by atoms with E-state index in [0.717, 1.165) is 51.4 Å². The van der Waals surface area contributed by atoms with E-state index in [1.807, 2.05) is 0 Å². The minimum atomic E-state index is -0.633. The predicted molar refractivity (Wildman–Crippen MR) is 98.1 cm³/mol. The summed E-state index contributed by atoms with van der Waals surface area (Å²) >= 11 is 0. The number of carboxylic acid groups (broad SMARTS) is 1. The number of esters is 1. The van der Waals surface area contributed by atoms with Crippen molar-refractivity contribution in [2.24, 2.45) is 5.92 Å². The fourth-order valence-electron chi connectivity index (χ4n) is 3.03. The molecular weight excluding hydrogens is 304 g/mol. The van der Waals surface area contributed by atoms with Crippen molar-refractivity contribution in [3.05, 3.63) is 0 Å². The predicted octanol–water partition coefficient (Wildman–Crippen LogP) is 5.73. The molecule has 0 aromatic heterocycles. The molecule has 0 aliphatic carbocycles. The van der Waals surface area contributed by atoms with Crippen molar-refractivity contribution in [2.45, 2.75) is 103 Å². The molecule has 0 fully saturated rings. The van der Waals surface area contributed by atoms with Gasteiger partial charge in [-0.2, -0.15) is 0 Å². The standard InChI is InChI=1S/C20H38O4/c1-3-4-5-6-7-9-12-15-18(20(22)23)16-13-10-8-11-14-17-19(21)24-2/h18H,3-17H2,1-2H3,(H,22,23). The average molecular weight is 343 g/mol. The minimum absolute atomic E-state index is 0.143. The summed E-state index contributed by atoms with van der Waals surface area (Å²) in [6, 6.07) is 0. The van der Waals surface area contributed by atoms with E-state index in [0.29, 0.717) is 6.42 Å². The number of methoxy groups -OCH3 is 1. The monoisotopic (exact) mass is 342 g/mol. The van der Waals surface area contributed by atoms with Gasteiger partial charge in [-0.05, 0) is 19.3 Å². The van der Waals surface area contributed by atoms with Gasteiger partial charge < -0.3 is 9.84 Å². The van der Waals surface area contributed by atoms with Gasteiger partial charge in [-0.3, -0.25) is 9.59 Å². The maximum absolute atomic E-state index is 11.3. The summed E-state index contributed by atoms with van der Waals surface area (Å²) in [6.07, 6.45) is 15.7. The van der Waals surface area contributed by atoms with Gasteiger partial charge in [0.05, 0.1) is 13.0 Å². The third-order valence-electron chi connectivity index (χ3n) is 4.67. The van der Waals surface area contributed by atoms with Crippen LogP contribution in [-0.2, 0) is 14.3 Å². The number of aliphatic carboxylic acids is 1. The van der Waals surface area contributed by atoms with E-state index in [4.69, 9.17) is 0 Å². The van der Waals surface area contributed by atoms with E-state index in [9.17, 15) is 14.7 Å². The Morgan fingerprint density at radius 2 is 1.25 bits per heavy atom. The van der Waals surface area contributed by atoms with Gasteiger partial charge in [-0.15, -0.1) is 0 Å². The van der Waals surface area contributed by atoms with Crippen LogP contribution in [0.4, 0.5) is 0 Å². The number of hydrogen-bond acceptors (Lipinski definition) is 3. The highest BCUT2D eigenvalue weighted by molar-refractivity contribution is 5.69. The maximum atomic E-state index is 11.3. The zero-order valence-electron chi connectivity index (χ0n) is 15.9. The molecular formula is C20H38O4. The molecule has 1 unspecified atom stereocenters. The first kappa shape index (κ1) is 22.9. The van der Waals surface area contributed by atoms with Crippen LogP contribution in [0.15, 0.2) is 0 Å². The molecule has 0 saturated carbocycles. The number of ether oxygens (including phenoxy) is 1. The van der Waals surface area contributed by atoms with Gasteiger partial charge in [0.1, 0.15) is 0 Å². The van der Waals surface area contributed by atoms with E-state index in [2.05, 4.69) is 11.7 Å². The average Bonchev–Trinajstić information content (AvgIpc) is 2.57. The van der Waals surface area contributed by atoms with Crippen LogP contribution in [0, 0.1) is 5.92 Å². The Kier molecular flexibility index (Phi) is 16.0. The van der Waals surface area contributed by atoms with Crippen molar-refractivity contribution in [1.82, 2.24) is 0 Å². The molecule has 0 heterocycles. The second kappa shape index (κ2) is 16.8. The molecule has 4 heteroatoms. The summed E-state index contributed by atoms with van der Waals surface area (Å²) in [4.78, 5) is 22.3. The highest BCUT2D eigenvalue weighted by Crippen LogP contribution is 2.19. The largest absolute Gasteiger partial charge is 0.481 e. The first-order valence-electron chi connectivity index (χ1n) is 9.91. The lowest BCUT2D eigenvalue weighted by molar-refractivity contribution is -0.142. The Bertz CT molecular complexity index is 315. The van der Waals surface area contributed by atoms with Gasteiger partial charge in [-0.1, -0.05) is 77.6 Å². The molecule has 0 aliphatic heterocycles. The molecule has 0 bridgehead atoms. The van der Waals surface area contributed by atoms with Crippen LogP contribution < -0.4 is 0 Å². The van der Waals surface area contributed by atoms with Crippen LogP contribution in [-0.4, -0.2) is 24.2 Å². The van der Waals surface area contributed by atoms with Crippen molar-refractivity contribution >= 4 is 11.9 Å². The van der Waals surface area contributed by atoms with Crippen molar-refractivity contribution < 1.29 is 19.4 Å². The highest BCUT2D eigenvalue weighted by atomic mass is 16.5. The second-order valence-electron chi connectivity index (χ2n) is 6.83. The Morgan fingerprint density at radius 3 is 1.71 bits per heavy atom. The van der Waals surface area contributed by atoms with Crippen LogP contribution in [0.2, 0.25) is 0 Å². The Labute approximate surface area is 148 Å². The topological polar surface area (TPSA) is 63.6 Å². The summed E-state index contributed by atoms with van der Waals surface area (Å²) in [7, 11) is 1.42. The molecule has 0 saturated heterocycles. The lowest BCUT2D eigenvalue weighted by Crippen LogP contribution is -2.13. The van der Waals surface area contributed by atoms with E-state index in [1.165, 1.54) is 45.6 Å². The highest BCUT2D eigenvalue weighted by Gasteiger charge is 2.16. The van der Waals surface area contributed by atoms with E-state index >= 15 is 0 Å². The molecule has 4 nitrogen and oxygen atoms in total. The molecule has 1 atom stereocenters. The second-order valence-corrected chi connectivity index (χ2v) is 6.83. The fourth-order valence-corrected chi connectivity index (χ4v) is 3.03. The van der Waals surface area contributed by atoms with Gasteiger partial charge in [0.2, 0.25) is 0 Å². The molecule has 0 radical (unpaired) electrons. The van der Waals surface area contributed by atoms with Crippen molar-refractivity contribution in [3.63, 3.8) is 0 Å². The lowest BCUT2D eigenvalue weighted by atomic mass is 9.94. The van der Waals surface area contributed by atoms with Crippen LogP contribution in [0.3, 0.4) is 0 Å². The van der Waals surface area contributed by atoms with Crippen molar-refractivity contribution in [3.8, 4) is 0 Å². The number of unbranched alkanes of at least 4 members (excludes halogenated alkanes) is 10. The van der Waals surface area contributed by atoms with E-state index in [1.54, 1.807) is 0 Å². The van der Waals surface area contributed by atoms with Crippen LogP contribution in [0.5, 0.6) is 0 Å². The molecule has 142 valence electrons. The summed E-state index contributed by atoms with van der Waals surface area (Å²) in [5.74, 6) is -0.946. The number of rotatable bonds is 17. The molecule has 1 N–H and O–H groups in total. The number of carbonyl (C=O) groups excluding carboxylic acids is 1. The van der Waals surface area contributed by atoms with Crippen LogP contribution in [0.25, 0.3) is 0 Å². The lowest BCUT2D eigenvalue weighted by Gasteiger charge is -2.12. The van der Waals surface area contributed by atoms with Gasteiger partial charge in [0.25, 0.3) is 0 Å². The SMILES string of the molecule is CCCCCCCCCC(CCCCCCCC(=O)OC)C(=O)O. The molecule has 0 spiro atoms. The zero-order valence-corrected chi connectivity index (χ0v) is 15.9. The van der Waals surface area contributed by atoms with Crippen LogP contribution in [0.1, 0.15) is 103 Å². The van der Waals surface area contributed by atoms with Crippen molar-refractivity contribution in [1.29, 1.82) is 0 Å². The Morgan fingerprint density at radius 1 is 0.792 bits per heavy atom. The molecule has 0 amide bonds. The summed E-state index contributed by atoms with van der Waals surface area (Å²) in [5, 5.41) is 9.32. The first-order valence-corrected chi connectivity index (χ1v) is 9.91.